The van der Waals surface area contributed by atoms with E-state index in [4.69, 9.17) is 0 Å². The summed E-state index contributed by atoms with van der Waals surface area (Å²) in [4.78, 5) is 89.5. The predicted molar refractivity (Wildman–Crippen MR) is 178 cm³/mol. The van der Waals surface area contributed by atoms with Crippen molar-refractivity contribution in [3.8, 4) is 0 Å². The maximum absolute atomic E-state index is 14.8. The minimum Gasteiger partial charge on any atom is -0.247 e. The fourth-order valence-corrected chi connectivity index (χ4v) is 9.47. The van der Waals surface area contributed by atoms with E-state index in [1.807, 2.05) is 33.8 Å². The summed E-state index contributed by atoms with van der Waals surface area (Å²) in [5.74, 6) is 0. The Balaban J connectivity index is 2.07. The summed E-state index contributed by atoms with van der Waals surface area (Å²) in [5.41, 5.74) is -3.40. The summed E-state index contributed by atoms with van der Waals surface area (Å²) in [6, 6.07) is -1.95. The second-order valence-electron chi connectivity index (χ2n) is 17.2. The Morgan fingerprint density at radius 2 is 1.30 bits per heavy atom. The molecule has 47 heavy (non-hydrogen) atoms. The van der Waals surface area contributed by atoms with Gasteiger partial charge >= 0.3 is 17.1 Å². The lowest BCUT2D eigenvalue weighted by molar-refractivity contribution is 0.0340. The van der Waals surface area contributed by atoms with Gasteiger partial charge in [0, 0.05) is 11.5 Å². The number of hydrogen-bond acceptors (Lipinski definition) is 9. The third kappa shape index (κ3) is 7.56. The lowest BCUT2D eigenvalue weighted by Crippen LogP contribution is -2.61. The first kappa shape index (κ1) is 36.1. The zero-order valence-corrected chi connectivity index (χ0v) is 29.2. The predicted octanol–water partition coefficient (Wildman–Crippen LogP) is 4.98. The molecule has 5 unspecified atom stereocenters. The molecule has 12 heteroatoms. The molecule has 12 nitrogen and oxygen atoms in total. The second-order valence-corrected chi connectivity index (χ2v) is 17.2. The molecular weight excluding hydrogens is 600 g/mol. The van der Waals surface area contributed by atoms with E-state index in [2.05, 4.69) is 42.7 Å². The minimum atomic E-state index is -0.754. The van der Waals surface area contributed by atoms with Crippen LogP contribution in [-0.4, -0.2) is 51.6 Å². The first-order valence-electron chi connectivity index (χ1n) is 16.6. The van der Waals surface area contributed by atoms with E-state index in [0.717, 1.165) is 12.8 Å². The van der Waals surface area contributed by atoms with Gasteiger partial charge in [-0.3, -0.25) is 0 Å². The van der Waals surface area contributed by atoms with Crippen molar-refractivity contribution in [2.24, 2.45) is 42.1 Å². The van der Waals surface area contributed by atoms with Crippen molar-refractivity contribution >= 4 is 18.2 Å². The number of aliphatic imine (C=N–C) groups is 3. The highest BCUT2D eigenvalue weighted by atomic mass is 16.2. The number of aromatic nitrogens is 3. The van der Waals surface area contributed by atoms with Crippen LogP contribution in [0.4, 0.5) is 0 Å². The minimum absolute atomic E-state index is 0.0236. The summed E-state index contributed by atoms with van der Waals surface area (Å²) in [5, 5.41) is 0. The van der Waals surface area contributed by atoms with Gasteiger partial charge in [0.2, 0.25) is 18.2 Å². The fraction of sp³-hybridized carbons (Fsp3) is 0.771. The van der Waals surface area contributed by atoms with Crippen LogP contribution in [-0.2, 0) is 14.4 Å². The fourth-order valence-electron chi connectivity index (χ4n) is 9.47. The average molecular weight is 651 g/mol. The molecule has 256 valence electrons. The molecule has 2 saturated carbocycles. The molecule has 0 N–H and O–H groups in total. The van der Waals surface area contributed by atoms with Crippen LogP contribution in [0.15, 0.2) is 41.0 Å². The third-order valence-electron chi connectivity index (χ3n) is 10.9. The van der Waals surface area contributed by atoms with E-state index in [1.54, 1.807) is 18.2 Å². The van der Waals surface area contributed by atoms with Crippen molar-refractivity contribution in [3.05, 3.63) is 43.1 Å². The molecule has 2 fully saturated rings. The van der Waals surface area contributed by atoms with Crippen LogP contribution in [0.25, 0.3) is 0 Å². The second kappa shape index (κ2) is 13.1. The quantitative estimate of drug-likeness (QED) is 0.209. The zero-order chi connectivity index (χ0) is 35.0. The van der Waals surface area contributed by atoms with Gasteiger partial charge in [0.05, 0.1) is 31.7 Å². The molecule has 0 saturated heterocycles. The first-order valence-corrected chi connectivity index (χ1v) is 16.6. The molecule has 4 rings (SSSR count). The van der Waals surface area contributed by atoms with E-state index in [1.165, 1.54) is 13.7 Å². The summed E-state index contributed by atoms with van der Waals surface area (Å²) >= 11 is 0. The highest BCUT2D eigenvalue weighted by Gasteiger charge is 2.48. The van der Waals surface area contributed by atoms with Gasteiger partial charge in [0.1, 0.15) is 0 Å². The molecule has 1 aromatic rings. The summed E-state index contributed by atoms with van der Waals surface area (Å²) in [6.07, 6.45) is 11.3. The van der Waals surface area contributed by atoms with E-state index in [0.29, 0.717) is 44.1 Å². The zero-order valence-electron chi connectivity index (χ0n) is 29.2. The number of isocyanates is 3. The van der Waals surface area contributed by atoms with Crippen molar-refractivity contribution in [3.63, 3.8) is 0 Å². The number of nitrogens with zero attached hydrogens (tertiary/aromatic N) is 6. The van der Waals surface area contributed by atoms with E-state index in [9.17, 15) is 28.8 Å². The van der Waals surface area contributed by atoms with Gasteiger partial charge in [-0.1, -0.05) is 61.5 Å². The Labute approximate surface area is 275 Å². The van der Waals surface area contributed by atoms with E-state index in [-0.39, 0.29) is 35.9 Å². The molecule has 3 aliphatic carbocycles. The van der Waals surface area contributed by atoms with Crippen LogP contribution < -0.4 is 17.1 Å². The van der Waals surface area contributed by atoms with Crippen LogP contribution >= 0.6 is 0 Å². The SMILES string of the molecule is CC1(C)C=C(CN=C=O)C(n2c(=O)n(C3CC(C)(C)CC(C)(CN=C=O)C3)c(=O)n(C3CCC(C)(C)CC3(C)CN=C=O)c2=O)CC1. The third-order valence-corrected chi connectivity index (χ3v) is 10.9. The highest BCUT2D eigenvalue weighted by Crippen LogP contribution is 2.52. The number of hydrogen-bond donors (Lipinski definition) is 0. The molecule has 3 aliphatic rings. The lowest BCUT2D eigenvalue weighted by Gasteiger charge is -2.48. The van der Waals surface area contributed by atoms with Crippen molar-refractivity contribution < 1.29 is 14.4 Å². The van der Waals surface area contributed by atoms with Gasteiger partial charge in [-0.25, -0.2) is 57.4 Å². The van der Waals surface area contributed by atoms with Crippen molar-refractivity contribution in [2.75, 3.05) is 19.6 Å². The maximum atomic E-state index is 14.8. The molecule has 0 radical (unpaired) electrons. The van der Waals surface area contributed by atoms with E-state index >= 15 is 0 Å². The smallest absolute Gasteiger partial charge is 0.247 e. The number of carbonyl (C=O) groups excluding carboxylic acids is 3. The molecule has 0 aliphatic heterocycles. The van der Waals surface area contributed by atoms with Crippen LogP contribution in [0.1, 0.15) is 125 Å². The molecule has 1 aromatic heterocycles. The maximum Gasteiger partial charge on any atom is 0.337 e. The van der Waals surface area contributed by atoms with Crippen LogP contribution in [0.3, 0.4) is 0 Å². The molecule has 1 heterocycles. The largest absolute Gasteiger partial charge is 0.337 e. The van der Waals surface area contributed by atoms with Gasteiger partial charge in [0.15, 0.2) is 0 Å². The monoisotopic (exact) mass is 650 g/mol. The topological polar surface area (TPSA) is 154 Å². The first-order chi connectivity index (χ1) is 21.8. The van der Waals surface area contributed by atoms with Crippen LogP contribution in [0.2, 0.25) is 0 Å². The van der Waals surface area contributed by atoms with Gasteiger partial charge in [-0.15, -0.1) is 0 Å². The normalized spacial score (nSPS) is 31.0. The highest BCUT2D eigenvalue weighted by molar-refractivity contribution is 5.35. The Hall–Kier alpha value is -3.71. The van der Waals surface area contributed by atoms with Crippen LogP contribution in [0.5, 0.6) is 0 Å². The van der Waals surface area contributed by atoms with Crippen molar-refractivity contribution in [1.82, 2.24) is 13.7 Å². The molecule has 0 spiro atoms. The molecule has 0 amide bonds. The van der Waals surface area contributed by atoms with Gasteiger partial charge in [0.25, 0.3) is 0 Å². The van der Waals surface area contributed by atoms with E-state index < -0.39 is 46.0 Å². The molecule has 0 bridgehead atoms. The van der Waals surface area contributed by atoms with Crippen molar-refractivity contribution in [2.45, 2.75) is 125 Å². The Bertz CT molecular complexity index is 1740. The standard InChI is InChI=1S/C35H50N6O6/c1-31(2)11-9-26(24(13-31)16-36-21-42)40-28(45)39(25-14-33(5,6)17-34(7,15-25)19-37-22-43)29(46)41(30(40)47)27-10-12-32(3,4)18-35(27,8)20-38-23-44/h13,25-27H,9-12,14-20H2,1-8H3. The average Bonchev–Trinajstić information content (AvgIpc) is 2.94. The molecule has 5 atom stereocenters. The lowest BCUT2D eigenvalue weighted by atomic mass is 9.61. The van der Waals surface area contributed by atoms with Gasteiger partial charge in [-0.05, 0) is 78.6 Å². The summed E-state index contributed by atoms with van der Waals surface area (Å²) < 4.78 is 3.71. The number of allylic oxidation sites excluding steroid dienone is 1. The summed E-state index contributed by atoms with van der Waals surface area (Å²) in [6.45, 7) is 16.7. The Kier molecular flexibility index (Phi) is 10.0. The van der Waals surface area contributed by atoms with Crippen molar-refractivity contribution in [1.29, 1.82) is 0 Å². The van der Waals surface area contributed by atoms with Gasteiger partial charge < -0.3 is 0 Å². The van der Waals surface area contributed by atoms with Crippen LogP contribution in [0, 0.1) is 27.1 Å². The molecular formula is C35H50N6O6. The number of rotatable bonds is 9. The van der Waals surface area contributed by atoms with Gasteiger partial charge in [-0.2, -0.15) is 0 Å². The Morgan fingerprint density at radius 1 is 0.702 bits per heavy atom. The summed E-state index contributed by atoms with van der Waals surface area (Å²) in [7, 11) is 0. The Morgan fingerprint density at radius 3 is 1.94 bits per heavy atom. The molecule has 0 aromatic carbocycles.